The minimum Gasteiger partial charge on any atom is -1.00 e. The van der Waals surface area contributed by atoms with Crippen LogP contribution in [0.5, 0.6) is 0 Å². The van der Waals surface area contributed by atoms with Gasteiger partial charge in [-0.2, -0.15) is 0 Å². The van der Waals surface area contributed by atoms with Crippen molar-refractivity contribution in [2.45, 2.75) is 53.4 Å². The van der Waals surface area contributed by atoms with E-state index in [2.05, 4.69) is 27.7 Å². The molecule has 0 atom stereocenters. The molecule has 27 heavy (non-hydrogen) atoms. The van der Waals surface area contributed by atoms with Crippen molar-refractivity contribution < 1.29 is 56.3 Å². The minimum absolute atomic E-state index is 0. The largest absolute Gasteiger partial charge is 1.00 e. The van der Waals surface area contributed by atoms with Crippen LogP contribution in [-0.2, 0) is 0 Å². The van der Waals surface area contributed by atoms with Gasteiger partial charge in [-0.05, 0) is 66.9 Å². The Morgan fingerprint density at radius 2 is 1.11 bits per heavy atom. The van der Waals surface area contributed by atoms with Gasteiger partial charge in [0.15, 0.2) is 0 Å². The minimum atomic E-state index is -1.13. The first-order valence-electron chi connectivity index (χ1n) is 9.16. The molecule has 1 aromatic rings. The Bertz CT molecular complexity index is 484. The normalized spacial score (nSPS) is 10.5. The zero-order chi connectivity index (χ0) is 19.3. The predicted octanol–water partition coefficient (Wildman–Crippen LogP) is 1.81. The van der Waals surface area contributed by atoms with Crippen molar-refractivity contribution in [3.8, 4) is 0 Å². The van der Waals surface area contributed by atoms with Crippen LogP contribution in [0.1, 0.15) is 75.5 Å². The molecule has 0 radical (unpaired) electrons. The zero-order valence-electron chi connectivity index (χ0n) is 18.6. The van der Waals surface area contributed by atoms with E-state index in [1.807, 2.05) is 0 Å². The number of carboxylic acid groups (broad SMARTS) is 2. The molecule has 0 fully saturated rings. The van der Waals surface area contributed by atoms with Gasteiger partial charge in [-0.1, -0.05) is 33.8 Å². The standard InChI is InChI=1S/C12H28S.C8H6O4.Na.H2O.H/c1-5-9-13(10-6-2,11-7-3)12-8-4;9-7(10)5-2-1-3-6(4-5)8(11)12;;;/h5-12H2,1-4H3;1-4H,(H,9,10)(H,11,12);;1H2;/q;;+1;;-1. The fourth-order valence-electron chi connectivity index (χ4n) is 3.13. The van der Waals surface area contributed by atoms with Crippen LogP contribution in [0.2, 0.25) is 0 Å². The van der Waals surface area contributed by atoms with Crippen molar-refractivity contribution >= 4 is 22.0 Å². The molecule has 0 aliphatic rings. The summed E-state index contributed by atoms with van der Waals surface area (Å²) >= 11 is 0. The maximum atomic E-state index is 10.4. The van der Waals surface area contributed by atoms with Gasteiger partial charge in [0.1, 0.15) is 0 Å². The summed E-state index contributed by atoms with van der Waals surface area (Å²) in [6.07, 6.45) is 5.59. The molecular formula is C20H37NaO5S. The van der Waals surface area contributed by atoms with Gasteiger partial charge >= 0.3 is 41.5 Å². The quantitative estimate of drug-likeness (QED) is 0.572. The zero-order valence-corrected chi connectivity index (χ0v) is 20.4. The summed E-state index contributed by atoms with van der Waals surface area (Å²) < 4.78 is 0. The molecular weight excluding hydrogens is 375 g/mol. The average molecular weight is 413 g/mol. The van der Waals surface area contributed by atoms with E-state index in [1.54, 1.807) is 0 Å². The molecule has 154 valence electrons. The SMILES string of the molecule is CCCS(CCC)(CCC)CCC.O.O=C(O)c1cccc(C(=O)O)c1.[H-].[Na+]. The van der Waals surface area contributed by atoms with Gasteiger partial charge in [0.05, 0.1) is 11.1 Å². The van der Waals surface area contributed by atoms with Crippen molar-refractivity contribution in [1.29, 1.82) is 0 Å². The van der Waals surface area contributed by atoms with Crippen molar-refractivity contribution in [3.63, 3.8) is 0 Å². The molecule has 0 aliphatic carbocycles. The van der Waals surface area contributed by atoms with Crippen LogP contribution in [-0.4, -0.2) is 50.6 Å². The molecule has 0 saturated heterocycles. The monoisotopic (exact) mass is 412 g/mol. The van der Waals surface area contributed by atoms with Gasteiger partial charge in [-0.3, -0.25) is 0 Å². The summed E-state index contributed by atoms with van der Waals surface area (Å²) in [5.41, 5.74) is -0.0372. The number of aromatic carboxylic acids is 2. The summed E-state index contributed by atoms with van der Waals surface area (Å²) in [5, 5.41) is 17.0. The third-order valence-electron chi connectivity index (χ3n) is 3.91. The molecule has 4 N–H and O–H groups in total. The molecule has 0 amide bonds. The fraction of sp³-hybridized carbons (Fsp3) is 0.600. The number of rotatable bonds is 10. The molecule has 0 aliphatic heterocycles. The first-order valence-corrected chi connectivity index (χ1v) is 11.5. The van der Waals surface area contributed by atoms with Crippen LogP contribution >= 0.6 is 10.0 Å². The van der Waals surface area contributed by atoms with Gasteiger partial charge in [-0.25, -0.2) is 19.6 Å². The van der Waals surface area contributed by atoms with E-state index in [0.717, 1.165) is 6.07 Å². The molecule has 0 unspecified atom stereocenters. The molecule has 0 aromatic heterocycles. The summed E-state index contributed by atoms with van der Waals surface area (Å²) in [6.45, 7) is 9.40. The summed E-state index contributed by atoms with van der Waals surface area (Å²) in [5.74, 6) is 3.87. The van der Waals surface area contributed by atoms with Crippen LogP contribution in [0.25, 0.3) is 0 Å². The van der Waals surface area contributed by atoms with Gasteiger partial charge in [-0.15, -0.1) is 0 Å². The van der Waals surface area contributed by atoms with E-state index in [9.17, 15) is 9.59 Å². The van der Waals surface area contributed by atoms with Crippen LogP contribution in [0.15, 0.2) is 24.3 Å². The van der Waals surface area contributed by atoms with Gasteiger partial charge in [0.25, 0.3) is 0 Å². The maximum Gasteiger partial charge on any atom is 1.00 e. The summed E-state index contributed by atoms with van der Waals surface area (Å²) in [6, 6.07) is 5.20. The second kappa shape index (κ2) is 17.6. The maximum absolute atomic E-state index is 10.4. The molecule has 0 saturated carbocycles. The van der Waals surface area contributed by atoms with Crippen molar-refractivity contribution in [3.05, 3.63) is 35.4 Å². The Hall–Kier alpha value is -0.530. The molecule has 0 spiro atoms. The van der Waals surface area contributed by atoms with Crippen LogP contribution in [0, 0.1) is 0 Å². The molecule has 0 bridgehead atoms. The Morgan fingerprint density at radius 1 is 0.815 bits per heavy atom. The average Bonchev–Trinajstić information content (AvgIpc) is 2.56. The fourth-order valence-corrected chi connectivity index (χ4v) is 7.82. The van der Waals surface area contributed by atoms with Gasteiger partial charge in [0.2, 0.25) is 0 Å². The topological polar surface area (TPSA) is 106 Å². The first-order chi connectivity index (χ1) is 11.9. The number of carboxylic acids is 2. The predicted molar refractivity (Wildman–Crippen MR) is 113 cm³/mol. The Balaban J connectivity index is -0.000000186. The number of carbonyl (C=O) groups is 2. The number of benzene rings is 1. The molecule has 1 rings (SSSR count). The Morgan fingerprint density at radius 3 is 1.33 bits per heavy atom. The second-order valence-corrected chi connectivity index (χ2v) is 10.3. The first kappa shape index (κ1) is 31.2. The molecule has 5 nitrogen and oxygen atoms in total. The Kier molecular flexibility index (Phi) is 20.3. The van der Waals surface area contributed by atoms with Crippen LogP contribution in [0.3, 0.4) is 0 Å². The van der Waals surface area contributed by atoms with Gasteiger partial charge in [0, 0.05) is 0 Å². The van der Waals surface area contributed by atoms with Crippen LogP contribution in [0.4, 0.5) is 0 Å². The van der Waals surface area contributed by atoms with Crippen molar-refractivity contribution in [2.24, 2.45) is 0 Å². The number of hydrogen-bond acceptors (Lipinski definition) is 2. The molecule has 0 heterocycles. The van der Waals surface area contributed by atoms with Crippen LogP contribution < -0.4 is 29.6 Å². The Labute approximate surface area is 189 Å². The molecule has 1 aromatic carbocycles. The van der Waals surface area contributed by atoms with E-state index >= 15 is 0 Å². The third-order valence-corrected chi connectivity index (χ3v) is 9.00. The van der Waals surface area contributed by atoms with E-state index in [1.165, 1.54) is 66.9 Å². The van der Waals surface area contributed by atoms with E-state index in [-0.39, 0.29) is 57.6 Å². The molecule has 7 heteroatoms. The third kappa shape index (κ3) is 12.5. The number of hydrogen-bond donors (Lipinski definition) is 2. The van der Waals surface area contributed by atoms with Crippen molar-refractivity contribution in [2.75, 3.05) is 23.0 Å². The van der Waals surface area contributed by atoms with Gasteiger partial charge < -0.3 is 17.1 Å². The van der Waals surface area contributed by atoms with E-state index in [4.69, 9.17) is 10.2 Å². The van der Waals surface area contributed by atoms with E-state index in [0.29, 0.717) is 0 Å². The van der Waals surface area contributed by atoms with E-state index < -0.39 is 11.9 Å². The second-order valence-electron chi connectivity index (χ2n) is 6.23. The summed E-state index contributed by atoms with van der Waals surface area (Å²) in [4.78, 5) is 20.8. The van der Waals surface area contributed by atoms with Crippen molar-refractivity contribution in [1.82, 2.24) is 0 Å². The summed E-state index contributed by atoms with van der Waals surface area (Å²) in [7, 11) is -0.197. The smallest absolute Gasteiger partial charge is 1.00 e.